The molecule has 66 heavy (non-hydrogen) atoms. The lowest BCUT2D eigenvalue weighted by atomic mass is 9.42. The van der Waals surface area contributed by atoms with Gasteiger partial charge in [0, 0.05) is 30.8 Å². The molecule has 9 N–H and O–H groups in total. The van der Waals surface area contributed by atoms with Gasteiger partial charge in [-0.25, -0.2) is 4.79 Å². The second-order valence-corrected chi connectivity index (χ2v) is 21.6. The maximum atomic E-state index is 12.6. The highest BCUT2D eigenvalue weighted by molar-refractivity contribution is 5.85. The molecule has 5 heterocycles. The van der Waals surface area contributed by atoms with Gasteiger partial charge in [0.25, 0.3) is 0 Å². The molecule has 4 saturated heterocycles. The number of ether oxygens (including phenoxy) is 9. The molecule has 9 rings (SSSR count). The molecule has 26 atom stereocenters. The summed E-state index contributed by atoms with van der Waals surface area (Å²) >= 11 is 0. The first kappa shape index (κ1) is 49.5. The Morgan fingerprint density at radius 3 is 1.77 bits per heavy atom. The predicted molar refractivity (Wildman–Crippen MR) is 225 cm³/mol. The molecule has 0 amide bonds. The third-order valence-electron chi connectivity index (χ3n) is 18.1. The van der Waals surface area contributed by atoms with Crippen molar-refractivity contribution in [3.63, 3.8) is 0 Å². The van der Waals surface area contributed by atoms with Gasteiger partial charge in [-0.2, -0.15) is 0 Å². The van der Waals surface area contributed by atoms with Crippen LogP contribution in [0.5, 0.6) is 0 Å². The van der Waals surface area contributed by atoms with E-state index in [4.69, 9.17) is 42.6 Å². The lowest BCUT2D eigenvalue weighted by molar-refractivity contribution is -0.355. The average molecular weight is 943 g/mol. The zero-order valence-corrected chi connectivity index (χ0v) is 38.7. The molecule has 4 aliphatic carbocycles. The van der Waals surface area contributed by atoms with Crippen LogP contribution in [-0.4, -0.2) is 187 Å². The Balaban J connectivity index is 0.737. The maximum Gasteiger partial charge on any atom is 0.331 e. The molecule has 5 aliphatic heterocycles. The maximum absolute atomic E-state index is 12.6. The number of fused-ring (bicyclic) bond motifs is 5. The number of hydrogen-bond acceptors (Lipinski definition) is 19. The Hall–Kier alpha value is -1.47. The second kappa shape index (κ2) is 18.9. The molecule has 0 aromatic carbocycles. The summed E-state index contributed by atoms with van der Waals surface area (Å²) < 4.78 is 53.9. The number of cyclic esters (lactones) is 1. The minimum absolute atomic E-state index is 0.0188. The molecular weight excluding hydrogens is 868 g/mol. The van der Waals surface area contributed by atoms with E-state index in [1.54, 1.807) is 19.9 Å². The van der Waals surface area contributed by atoms with E-state index in [-0.39, 0.29) is 61.1 Å². The number of carbonyl (C=O) groups is 1. The fourth-order valence-electron chi connectivity index (χ4n) is 14.3. The van der Waals surface area contributed by atoms with Crippen molar-refractivity contribution in [1.82, 2.24) is 0 Å². The van der Waals surface area contributed by atoms with Gasteiger partial charge in [-0.3, -0.25) is 0 Å². The highest BCUT2D eigenvalue weighted by atomic mass is 16.8. The van der Waals surface area contributed by atoms with E-state index in [2.05, 4.69) is 6.92 Å². The van der Waals surface area contributed by atoms with Gasteiger partial charge in [-0.15, -0.1) is 0 Å². The van der Waals surface area contributed by atoms with Gasteiger partial charge in [0.2, 0.25) is 0 Å². The summed E-state index contributed by atoms with van der Waals surface area (Å²) in [5, 5.41) is 98.4. The molecule has 9 aliphatic rings. The molecule has 4 saturated carbocycles. The smallest absolute Gasteiger partial charge is 0.331 e. The van der Waals surface area contributed by atoms with E-state index in [0.29, 0.717) is 18.8 Å². The quantitative estimate of drug-likeness (QED) is 0.103. The van der Waals surface area contributed by atoms with Crippen molar-refractivity contribution >= 4 is 5.97 Å². The highest BCUT2D eigenvalue weighted by Crippen LogP contribution is 2.70. The number of esters is 1. The Morgan fingerprint density at radius 2 is 1.23 bits per heavy atom. The summed E-state index contributed by atoms with van der Waals surface area (Å²) in [5.74, 6) is 0.0825. The number of aliphatic hydroxyl groups excluding tert-OH is 8. The molecule has 19 heteroatoms. The van der Waals surface area contributed by atoms with Gasteiger partial charge in [0.05, 0.1) is 61.0 Å². The van der Waals surface area contributed by atoms with Gasteiger partial charge in [-0.05, 0) is 107 Å². The third kappa shape index (κ3) is 8.64. The number of aliphatic hydroxyl groups is 9. The van der Waals surface area contributed by atoms with E-state index >= 15 is 0 Å². The van der Waals surface area contributed by atoms with Gasteiger partial charge in [-0.1, -0.05) is 13.8 Å². The summed E-state index contributed by atoms with van der Waals surface area (Å²) in [5.41, 5.74) is -0.989. The van der Waals surface area contributed by atoms with Gasteiger partial charge >= 0.3 is 5.97 Å². The summed E-state index contributed by atoms with van der Waals surface area (Å²) in [6, 6.07) is 0. The molecule has 0 unspecified atom stereocenters. The van der Waals surface area contributed by atoms with Crippen LogP contribution >= 0.6 is 0 Å². The van der Waals surface area contributed by atoms with Gasteiger partial charge in [0.1, 0.15) is 49.3 Å². The molecule has 0 radical (unpaired) electrons. The van der Waals surface area contributed by atoms with E-state index < -0.39 is 128 Å². The van der Waals surface area contributed by atoms with Crippen LogP contribution in [0.2, 0.25) is 0 Å². The Morgan fingerprint density at radius 1 is 0.652 bits per heavy atom. The van der Waals surface area contributed by atoms with E-state index in [1.165, 1.54) is 0 Å². The lowest BCUT2D eigenvalue weighted by Gasteiger charge is -2.65. The van der Waals surface area contributed by atoms with Gasteiger partial charge < -0.3 is 88.6 Å². The predicted octanol–water partition coefficient (Wildman–Crippen LogP) is 0.0423. The zero-order chi connectivity index (χ0) is 47.2. The fraction of sp³-hybridized carbons (Fsp3) is 0.936. The topological polar surface area (TPSA) is 282 Å². The van der Waals surface area contributed by atoms with Gasteiger partial charge in [0.15, 0.2) is 25.2 Å². The van der Waals surface area contributed by atoms with Crippen molar-refractivity contribution < 1.29 is 93.4 Å². The van der Waals surface area contributed by atoms with Crippen LogP contribution in [0.1, 0.15) is 105 Å². The van der Waals surface area contributed by atoms with Crippen molar-refractivity contribution in [2.75, 3.05) is 13.2 Å². The van der Waals surface area contributed by atoms with E-state index in [0.717, 1.165) is 44.1 Å². The fourth-order valence-corrected chi connectivity index (χ4v) is 14.3. The first-order chi connectivity index (χ1) is 31.2. The summed E-state index contributed by atoms with van der Waals surface area (Å²) in [6.45, 7) is 9.11. The Labute approximate surface area is 385 Å². The summed E-state index contributed by atoms with van der Waals surface area (Å²) in [7, 11) is 0. The lowest BCUT2D eigenvalue weighted by Crippen LogP contribution is -2.67. The van der Waals surface area contributed by atoms with Crippen LogP contribution < -0.4 is 0 Å². The van der Waals surface area contributed by atoms with Crippen molar-refractivity contribution in [3.8, 4) is 0 Å². The summed E-state index contributed by atoms with van der Waals surface area (Å²) in [4.78, 5) is 12.0. The standard InChI is InChI=1S/C47H74O19/c1-20-41(64-36-16-30(50)42(21(2)60-36)65-37-17-31(51)43(22(3)61-37)66-44-40(56)39(55)38(54)32(18-48)63-44)29(49)15-35(59-20)62-25-8-10-45(4)24(13-25)6-7-27-28(45)14-33(52)46(5)26(9-11-47(27,46)57)23-12-34(53)58-19-23/h12,20-22,24-33,35-44,48-52,54-57H,6-11,13-19H2,1-5H3/t20-,21-,22-,24-,25+,26-,27-,28-,29+,30+,31+,32-,33-,35+,36+,37+,38-,39+,40-,41-,42-,43-,44+,45+,46+,47+/m1/s1. The van der Waals surface area contributed by atoms with E-state index in [1.807, 2.05) is 13.8 Å². The molecule has 0 spiro atoms. The zero-order valence-electron chi connectivity index (χ0n) is 38.7. The first-order valence-electron chi connectivity index (χ1n) is 24.5. The van der Waals surface area contributed by atoms with Crippen LogP contribution in [0, 0.1) is 34.5 Å². The largest absolute Gasteiger partial charge is 0.458 e. The van der Waals surface area contributed by atoms with Crippen molar-refractivity contribution in [2.45, 2.75) is 228 Å². The van der Waals surface area contributed by atoms with Crippen LogP contribution in [0.3, 0.4) is 0 Å². The number of carbonyl (C=O) groups excluding carboxylic acids is 1. The van der Waals surface area contributed by atoms with Crippen molar-refractivity contribution in [2.24, 2.45) is 34.5 Å². The van der Waals surface area contributed by atoms with Crippen LogP contribution in [0.25, 0.3) is 0 Å². The number of hydrogen-bond donors (Lipinski definition) is 9. The second-order valence-electron chi connectivity index (χ2n) is 21.6. The molecule has 0 bridgehead atoms. The first-order valence-corrected chi connectivity index (χ1v) is 24.5. The molecular formula is C47H74O19. The Kier molecular flexibility index (Phi) is 14.2. The SMILES string of the molecule is C[C@H]1O[C@@H](O[C@H]2CC[C@@]3(C)[C@H](CC[C@@H]4[C@H]3C[C@@H](O)[C@]3(C)[C@@H](C5=CC(=O)OC5)CC[C@]43O)C2)C[C@H](O)[C@@H]1O[C@H]1C[C@H](O)[C@H](O[C@H]2C[C@H](O)[C@H](O[C@@H]3O[C@H](CO)[C@@H](O)[C@H](O)[C@H]3O)[C@@H](C)O2)[C@@H](C)O1. The van der Waals surface area contributed by atoms with E-state index in [9.17, 15) is 50.8 Å². The molecule has 19 nitrogen and oxygen atoms in total. The highest BCUT2D eigenvalue weighted by Gasteiger charge is 2.71. The number of rotatable bonds is 10. The molecule has 8 fully saturated rings. The van der Waals surface area contributed by atoms with Crippen molar-refractivity contribution in [1.29, 1.82) is 0 Å². The van der Waals surface area contributed by atoms with Crippen molar-refractivity contribution in [3.05, 3.63) is 11.6 Å². The monoisotopic (exact) mass is 942 g/mol. The Bertz CT molecular complexity index is 1720. The normalized spacial score (nSPS) is 55.3. The minimum atomic E-state index is -1.65. The summed E-state index contributed by atoms with van der Waals surface area (Å²) in [6.07, 6.45) is -10.8. The molecule has 376 valence electrons. The van der Waals surface area contributed by atoms with Crippen LogP contribution in [-0.2, 0) is 47.4 Å². The van der Waals surface area contributed by atoms with Crippen LogP contribution in [0.4, 0.5) is 0 Å². The van der Waals surface area contributed by atoms with Crippen LogP contribution in [0.15, 0.2) is 11.6 Å². The molecule has 0 aromatic heterocycles. The third-order valence-corrected chi connectivity index (χ3v) is 18.1. The average Bonchev–Trinajstić information content (AvgIpc) is 3.82. The minimum Gasteiger partial charge on any atom is -0.458 e. The molecule has 0 aromatic rings.